The molecule has 2 unspecified atom stereocenters. The summed E-state index contributed by atoms with van der Waals surface area (Å²) in [4.78, 5) is 0. The molecule has 0 bridgehead atoms. The van der Waals surface area contributed by atoms with Gasteiger partial charge in [-0.25, -0.2) is 0 Å². The van der Waals surface area contributed by atoms with E-state index in [-0.39, 0.29) is 0 Å². The van der Waals surface area contributed by atoms with Gasteiger partial charge in [0.15, 0.2) is 0 Å². The Kier molecular flexibility index (Phi) is 5.38. The topological polar surface area (TPSA) is 40.5 Å². The number of aliphatic hydroxyl groups excluding tert-OH is 2. The molecule has 2 heteroatoms. The molecule has 0 aromatic heterocycles. The van der Waals surface area contributed by atoms with Crippen LogP contribution >= 0.6 is 0 Å². The molecule has 2 atom stereocenters. The molecule has 0 aliphatic rings. The summed E-state index contributed by atoms with van der Waals surface area (Å²) in [6.45, 7) is 7.72. The smallest absolute Gasteiger partial charge is 0.0767 e. The highest BCUT2D eigenvalue weighted by atomic mass is 16.3. The van der Waals surface area contributed by atoms with Gasteiger partial charge in [0.1, 0.15) is 0 Å². The maximum Gasteiger partial charge on any atom is 0.0767 e. The lowest BCUT2D eigenvalue weighted by Gasteiger charge is -2.18. The van der Waals surface area contributed by atoms with Gasteiger partial charge in [0, 0.05) is 0 Å². The van der Waals surface area contributed by atoms with E-state index in [0.717, 1.165) is 35.1 Å². The maximum atomic E-state index is 10.0. The van der Waals surface area contributed by atoms with Crippen LogP contribution in [0.4, 0.5) is 0 Å². The van der Waals surface area contributed by atoms with Crippen LogP contribution in [0.25, 0.3) is 0 Å². The van der Waals surface area contributed by atoms with E-state index in [1.165, 1.54) is 11.1 Å². The normalized spacial score (nSPS) is 13.9. The van der Waals surface area contributed by atoms with Crippen molar-refractivity contribution in [3.63, 3.8) is 0 Å². The molecule has 118 valence electrons. The molecule has 2 aromatic carbocycles. The van der Waals surface area contributed by atoms with Gasteiger partial charge in [-0.15, -0.1) is 0 Å². The monoisotopic (exact) mass is 298 g/mol. The van der Waals surface area contributed by atoms with Crippen molar-refractivity contribution >= 4 is 0 Å². The minimum Gasteiger partial charge on any atom is -0.389 e. The molecule has 0 heterocycles. The number of aryl methyl sites for hydroxylation is 4. The molecule has 0 spiro atoms. The summed E-state index contributed by atoms with van der Waals surface area (Å²) in [6, 6.07) is 12.4. The summed E-state index contributed by atoms with van der Waals surface area (Å²) in [5.41, 5.74) is 6.71. The van der Waals surface area contributed by atoms with Crippen LogP contribution in [0, 0.1) is 13.8 Å². The molecule has 0 fully saturated rings. The average molecular weight is 298 g/mol. The van der Waals surface area contributed by atoms with Crippen LogP contribution in [-0.2, 0) is 12.8 Å². The Morgan fingerprint density at radius 3 is 1.41 bits per heavy atom. The molecule has 2 aromatic rings. The van der Waals surface area contributed by atoms with Crippen molar-refractivity contribution in [2.24, 2.45) is 0 Å². The Bertz CT molecular complexity index is 585. The summed E-state index contributed by atoms with van der Waals surface area (Å²) >= 11 is 0. The van der Waals surface area contributed by atoms with E-state index in [4.69, 9.17) is 0 Å². The number of hydrogen-bond acceptors (Lipinski definition) is 2. The second-order valence-corrected chi connectivity index (χ2v) is 6.15. The van der Waals surface area contributed by atoms with Crippen LogP contribution in [0.3, 0.4) is 0 Å². The van der Waals surface area contributed by atoms with E-state index in [1.807, 2.05) is 52.0 Å². The summed E-state index contributed by atoms with van der Waals surface area (Å²) < 4.78 is 0. The zero-order valence-corrected chi connectivity index (χ0v) is 13.9. The minimum absolute atomic E-state index is 0.454. The van der Waals surface area contributed by atoms with Crippen LogP contribution in [0.2, 0.25) is 0 Å². The molecule has 22 heavy (non-hydrogen) atoms. The lowest BCUT2D eigenvalue weighted by molar-refractivity contribution is 0.196. The average Bonchev–Trinajstić information content (AvgIpc) is 2.44. The first-order chi connectivity index (χ1) is 10.4. The third-order valence-corrected chi connectivity index (χ3v) is 4.33. The summed E-state index contributed by atoms with van der Waals surface area (Å²) in [5, 5.41) is 20.1. The van der Waals surface area contributed by atoms with E-state index in [1.54, 1.807) is 0 Å². The predicted octanol–water partition coefficient (Wildman–Crippen LogP) is 4.20. The summed E-state index contributed by atoms with van der Waals surface area (Å²) in [5.74, 6) is 0. The molecule has 2 rings (SSSR count). The van der Waals surface area contributed by atoms with Crippen LogP contribution in [0.15, 0.2) is 36.4 Å². The van der Waals surface area contributed by atoms with E-state index in [9.17, 15) is 10.2 Å². The van der Waals surface area contributed by atoms with Crippen LogP contribution in [0.5, 0.6) is 0 Å². The van der Waals surface area contributed by atoms with Crippen LogP contribution in [0.1, 0.15) is 59.4 Å². The number of benzene rings is 2. The molecular weight excluding hydrogens is 272 g/mol. The molecule has 0 radical (unpaired) electrons. The second kappa shape index (κ2) is 7.08. The van der Waals surface area contributed by atoms with Crippen molar-refractivity contribution in [2.75, 3.05) is 0 Å². The quantitative estimate of drug-likeness (QED) is 0.868. The second-order valence-electron chi connectivity index (χ2n) is 6.15. The minimum atomic E-state index is -0.454. The van der Waals surface area contributed by atoms with Gasteiger partial charge < -0.3 is 10.2 Å². The Hall–Kier alpha value is -1.64. The van der Waals surface area contributed by atoms with Crippen molar-refractivity contribution in [3.05, 3.63) is 69.8 Å². The van der Waals surface area contributed by atoms with Crippen molar-refractivity contribution in [1.82, 2.24) is 0 Å². The Balaban J connectivity index is 2.29. The Morgan fingerprint density at radius 1 is 0.727 bits per heavy atom. The fourth-order valence-electron chi connectivity index (χ4n) is 3.38. The van der Waals surface area contributed by atoms with Gasteiger partial charge in [0.25, 0.3) is 0 Å². The van der Waals surface area contributed by atoms with Gasteiger partial charge in [-0.3, -0.25) is 0 Å². The largest absolute Gasteiger partial charge is 0.389 e. The Labute approximate surface area is 133 Å². The SMILES string of the molecule is Cc1cccc(CCc2cccc(C)c2C(C)O)c1C(C)O. The van der Waals surface area contributed by atoms with Crippen molar-refractivity contribution in [3.8, 4) is 0 Å². The van der Waals surface area contributed by atoms with E-state index in [0.29, 0.717) is 0 Å². The molecule has 0 aliphatic carbocycles. The summed E-state index contributed by atoms with van der Waals surface area (Å²) in [6.07, 6.45) is 0.825. The standard InChI is InChI=1S/C20H26O2/c1-13-7-5-9-17(19(13)15(3)21)11-12-18-10-6-8-14(2)20(18)16(4)22/h5-10,15-16,21-22H,11-12H2,1-4H3. The maximum absolute atomic E-state index is 10.0. The van der Waals surface area contributed by atoms with Crippen LogP contribution in [-0.4, -0.2) is 10.2 Å². The molecule has 0 saturated heterocycles. The lowest BCUT2D eigenvalue weighted by Crippen LogP contribution is -2.06. The molecule has 0 saturated carbocycles. The lowest BCUT2D eigenvalue weighted by atomic mass is 9.90. The Morgan fingerprint density at radius 2 is 1.09 bits per heavy atom. The van der Waals surface area contributed by atoms with Gasteiger partial charge >= 0.3 is 0 Å². The van der Waals surface area contributed by atoms with Gasteiger partial charge in [0.2, 0.25) is 0 Å². The molecular formula is C20H26O2. The third kappa shape index (κ3) is 3.57. The van der Waals surface area contributed by atoms with Gasteiger partial charge in [-0.05, 0) is 73.9 Å². The van der Waals surface area contributed by atoms with E-state index < -0.39 is 12.2 Å². The molecule has 0 amide bonds. The summed E-state index contributed by atoms with van der Waals surface area (Å²) in [7, 11) is 0. The fourth-order valence-corrected chi connectivity index (χ4v) is 3.38. The highest BCUT2D eigenvalue weighted by Gasteiger charge is 2.14. The number of rotatable bonds is 5. The first kappa shape index (κ1) is 16.7. The predicted molar refractivity (Wildman–Crippen MR) is 91.0 cm³/mol. The fraction of sp³-hybridized carbons (Fsp3) is 0.400. The van der Waals surface area contributed by atoms with Crippen LogP contribution < -0.4 is 0 Å². The van der Waals surface area contributed by atoms with Crippen molar-refractivity contribution in [1.29, 1.82) is 0 Å². The first-order valence-corrected chi connectivity index (χ1v) is 7.94. The highest BCUT2D eigenvalue weighted by Crippen LogP contribution is 2.26. The molecule has 2 N–H and O–H groups in total. The zero-order valence-electron chi connectivity index (χ0n) is 13.9. The highest BCUT2D eigenvalue weighted by molar-refractivity contribution is 5.39. The zero-order chi connectivity index (χ0) is 16.3. The number of hydrogen-bond donors (Lipinski definition) is 2. The molecule has 2 nitrogen and oxygen atoms in total. The van der Waals surface area contributed by atoms with E-state index in [2.05, 4.69) is 12.1 Å². The van der Waals surface area contributed by atoms with Crippen molar-refractivity contribution in [2.45, 2.75) is 52.7 Å². The van der Waals surface area contributed by atoms with Gasteiger partial charge in [0.05, 0.1) is 12.2 Å². The third-order valence-electron chi connectivity index (χ3n) is 4.33. The van der Waals surface area contributed by atoms with Gasteiger partial charge in [-0.1, -0.05) is 36.4 Å². The van der Waals surface area contributed by atoms with E-state index >= 15 is 0 Å². The van der Waals surface area contributed by atoms with Gasteiger partial charge in [-0.2, -0.15) is 0 Å². The van der Waals surface area contributed by atoms with Crippen molar-refractivity contribution < 1.29 is 10.2 Å². The first-order valence-electron chi connectivity index (χ1n) is 7.94. The molecule has 0 aliphatic heterocycles. The number of aliphatic hydroxyl groups is 2.